The Morgan fingerprint density at radius 1 is 1.44 bits per heavy atom. The van der Waals surface area contributed by atoms with Gasteiger partial charge in [0.05, 0.1) is 0 Å². The van der Waals surface area contributed by atoms with Crippen LogP contribution in [0.1, 0.15) is 33.0 Å². The number of nitrogens with zero attached hydrogens (tertiary/aromatic N) is 3. The molecule has 1 aliphatic rings. The fraction of sp³-hybridized carbons (Fsp3) is 0.692. The molecule has 5 nitrogen and oxygen atoms in total. The van der Waals surface area contributed by atoms with Crippen molar-refractivity contribution in [2.75, 3.05) is 30.3 Å². The molecule has 1 fully saturated rings. The first-order chi connectivity index (χ1) is 8.40. The third kappa shape index (κ3) is 2.72. The lowest BCUT2D eigenvalue weighted by Crippen LogP contribution is -2.25. The van der Waals surface area contributed by atoms with E-state index < -0.39 is 0 Å². The highest BCUT2D eigenvalue weighted by Crippen LogP contribution is 2.26. The number of hydrogen-bond donors (Lipinski definition) is 2. The maximum absolute atomic E-state index is 9.19. The van der Waals surface area contributed by atoms with Gasteiger partial charge < -0.3 is 15.7 Å². The standard InChI is InChI=1S/C13H22N4O/c1-13(2,3)12-15-10(14)6-11(16-12)17-5-4-9(7-17)8-18/h6,9,18H,4-5,7-8H2,1-3H3,(H2,14,15,16). The Hall–Kier alpha value is -1.36. The van der Waals surface area contributed by atoms with Gasteiger partial charge in [-0.1, -0.05) is 20.8 Å². The van der Waals surface area contributed by atoms with Gasteiger partial charge in [0.25, 0.3) is 0 Å². The number of hydrogen-bond acceptors (Lipinski definition) is 5. The molecule has 0 saturated carbocycles. The van der Waals surface area contributed by atoms with E-state index in [1.165, 1.54) is 0 Å². The van der Waals surface area contributed by atoms with Crippen LogP contribution in [0.15, 0.2) is 6.07 Å². The molecule has 1 aliphatic heterocycles. The van der Waals surface area contributed by atoms with Gasteiger partial charge in [-0.3, -0.25) is 0 Å². The lowest BCUT2D eigenvalue weighted by molar-refractivity contribution is 0.238. The number of rotatable bonds is 2. The van der Waals surface area contributed by atoms with Crippen molar-refractivity contribution < 1.29 is 5.11 Å². The summed E-state index contributed by atoms with van der Waals surface area (Å²) in [6.07, 6.45) is 1.01. The van der Waals surface area contributed by atoms with Crippen molar-refractivity contribution in [3.8, 4) is 0 Å². The van der Waals surface area contributed by atoms with Crippen LogP contribution in [0.3, 0.4) is 0 Å². The Kier molecular flexibility index (Phi) is 3.43. The van der Waals surface area contributed by atoms with E-state index in [0.29, 0.717) is 11.7 Å². The van der Waals surface area contributed by atoms with Crippen molar-refractivity contribution in [2.45, 2.75) is 32.6 Å². The van der Waals surface area contributed by atoms with Gasteiger partial charge in [0, 0.05) is 37.1 Å². The minimum absolute atomic E-state index is 0.111. The van der Waals surface area contributed by atoms with Gasteiger partial charge in [0.1, 0.15) is 17.5 Å². The van der Waals surface area contributed by atoms with Crippen LogP contribution in [0.2, 0.25) is 0 Å². The molecule has 1 atom stereocenters. The maximum atomic E-state index is 9.19. The van der Waals surface area contributed by atoms with Crippen molar-refractivity contribution in [1.29, 1.82) is 0 Å². The summed E-state index contributed by atoms with van der Waals surface area (Å²) in [5.74, 6) is 2.50. The normalized spacial score (nSPS) is 20.4. The fourth-order valence-electron chi connectivity index (χ4n) is 2.14. The van der Waals surface area contributed by atoms with Gasteiger partial charge >= 0.3 is 0 Å². The van der Waals surface area contributed by atoms with E-state index in [9.17, 15) is 5.11 Å². The number of aliphatic hydroxyl groups excluding tert-OH is 1. The highest BCUT2D eigenvalue weighted by Gasteiger charge is 2.25. The molecule has 0 aromatic carbocycles. The molecule has 1 saturated heterocycles. The van der Waals surface area contributed by atoms with Crippen molar-refractivity contribution >= 4 is 11.6 Å². The molecular formula is C13H22N4O. The molecule has 1 aromatic heterocycles. The first-order valence-corrected chi connectivity index (χ1v) is 6.41. The van der Waals surface area contributed by atoms with E-state index in [4.69, 9.17) is 5.73 Å². The maximum Gasteiger partial charge on any atom is 0.138 e. The first-order valence-electron chi connectivity index (χ1n) is 6.41. The van der Waals surface area contributed by atoms with Crippen LogP contribution in [0.25, 0.3) is 0 Å². The van der Waals surface area contributed by atoms with Crippen LogP contribution in [0.4, 0.5) is 11.6 Å². The highest BCUT2D eigenvalue weighted by molar-refractivity contribution is 5.48. The summed E-state index contributed by atoms with van der Waals surface area (Å²) in [6, 6.07) is 1.81. The Labute approximate surface area is 108 Å². The summed E-state index contributed by atoms with van der Waals surface area (Å²) in [6.45, 7) is 8.23. The van der Waals surface area contributed by atoms with Crippen LogP contribution in [0.5, 0.6) is 0 Å². The number of nitrogen functional groups attached to an aromatic ring is 1. The number of aliphatic hydroxyl groups is 1. The summed E-state index contributed by atoms with van der Waals surface area (Å²) < 4.78 is 0. The van der Waals surface area contributed by atoms with Gasteiger partial charge in [0.2, 0.25) is 0 Å². The molecule has 0 radical (unpaired) electrons. The predicted octanol–water partition coefficient (Wildman–Crippen LogP) is 1.17. The molecule has 100 valence electrons. The SMILES string of the molecule is CC(C)(C)c1nc(N)cc(N2CCC(CO)C2)n1. The van der Waals surface area contributed by atoms with E-state index >= 15 is 0 Å². The molecule has 0 spiro atoms. The third-order valence-electron chi connectivity index (χ3n) is 3.27. The summed E-state index contributed by atoms with van der Waals surface area (Å²) in [7, 11) is 0. The minimum atomic E-state index is -0.111. The smallest absolute Gasteiger partial charge is 0.138 e. The number of nitrogens with two attached hydrogens (primary N) is 1. The van der Waals surface area contributed by atoms with Crippen molar-refractivity contribution in [3.05, 3.63) is 11.9 Å². The molecular weight excluding hydrogens is 228 g/mol. The molecule has 5 heteroatoms. The molecule has 1 unspecified atom stereocenters. The van der Waals surface area contributed by atoms with E-state index in [1.54, 1.807) is 0 Å². The topological polar surface area (TPSA) is 75.3 Å². The van der Waals surface area contributed by atoms with Crippen molar-refractivity contribution in [3.63, 3.8) is 0 Å². The Balaban J connectivity index is 2.26. The van der Waals surface area contributed by atoms with E-state index in [2.05, 4.69) is 35.6 Å². The quantitative estimate of drug-likeness (QED) is 0.824. The lowest BCUT2D eigenvalue weighted by atomic mass is 9.96. The summed E-state index contributed by atoms with van der Waals surface area (Å²) in [5.41, 5.74) is 5.75. The van der Waals surface area contributed by atoms with Gasteiger partial charge in [-0.25, -0.2) is 9.97 Å². The molecule has 0 bridgehead atoms. The zero-order valence-electron chi connectivity index (χ0n) is 11.3. The summed E-state index contributed by atoms with van der Waals surface area (Å²) in [4.78, 5) is 11.1. The van der Waals surface area contributed by atoms with Crippen molar-refractivity contribution in [1.82, 2.24) is 9.97 Å². The zero-order valence-corrected chi connectivity index (χ0v) is 11.3. The monoisotopic (exact) mass is 250 g/mol. The van der Waals surface area contributed by atoms with Gasteiger partial charge in [0.15, 0.2) is 0 Å². The number of aromatic nitrogens is 2. The average molecular weight is 250 g/mol. The summed E-state index contributed by atoms with van der Waals surface area (Å²) >= 11 is 0. The number of anilines is 2. The van der Waals surface area contributed by atoms with Gasteiger partial charge in [-0.05, 0) is 6.42 Å². The van der Waals surface area contributed by atoms with Crippen LogP contribution in [-0.2, 0) is 5.41 Å². The molecule has 0 aliphatic carbocycles. The fourth-order valence-corrected chi connectivity index (χ4v) is 2.14. The second kappa shape index (κ2) is 4.72. The largest absolute Gasteiger partial charge is 0.396 e. The van der Waals surface area contributed by atoms with E-state index in [-0.39, 0.29) is 12.0 Å². The second-order valence-corrected chi connectivity index (χ2v) is 6.01. The van der Waals surface area contributed by atoms with Gasteiger partial charge in [-0.2, -0.15) is 0 Å². The predicted molar refractivity (Wildman–Crippen MR) is 72.6 cm³/mol. The highest BCUT2D eigenvalue weighted by atomic mass is 16.3. The van der Waals surface area contributed by atoms with Crippen LogP contribution < -0.4 is 10.6 Å². The van der Waals surface area contributed by atoms with Crippen LogP contribution in [-0.4, -0.2) is 34.8 Å². The third-order valence-corrected chi connectivity index (χ3v) is 3.27. The van der Waals surface area contributed by atoms with E-state index in [0.717, 1.165) is 31.2 Å². The minimum Gasteiger partial charge on any atom is -0.396 e. The second-order valence-electron chi connectivity index (χ2n) is 6.01. The first kappa shape index (κ1) is 13.1. The zero-order chi connectivity index (χ0) is 13.3. The van der Waals surface area contributed by atoms with Crippen molar-refractivity contribution in [2.24, 2.45) is 5.92 Å². The molecule has 2 rings (SSSR count). The van der Waals surface area contributed by atoms with Crippen LogP contribution in [0, 0.1) is 5.92 Å². The Morgan fingerprint density at radius 2 is 2.17 bits per heavy atom. The molecule has 18 heavy (non-hydrogen) atoms. The molecule has 0 amide bonds. The van der Waals surface area contributed by atoms with Gasteiger partial charge in [-0.15, -0.1) is 0 Å². The Morgan fingerprint density at radius 3 is 2.72 bits per heavy atom. The molecule has 3 N–H and O–H groups in total. The average Bonchev–Trinajstić information content (AvgIpc) is 2.75. The van der Waals surface area contributed by atoms with Crippen LogP contribution >= 0.6 is 0 Å². The Bertz CT molecular complexity index is 427. The molecule has 1 aromatic rings. The lowest BCUT2D eigenvalue weighted by Gasteiger charge is -2.22. The molecule has 2 heterocycles. The van der Waals surface area contributed by atoms with E-state index in [1.807, 2.05) is 6.07 Å². The summed E-state index contributed by atoms with van der Waals surface area (Å²) in [5, 5.41) is 9.19.